The smallest absolute Gasteiger partial charge is 0.310 e. The first-order chi connectivity index (χ1) is 9.52. The van der Waals surface area contributed by atoms with Gasteiger partial charge in [0.1, 0.15) is 0 Å². The van der Waals surface area contributed by atoms with E-state index in [0.717, 1.165) is 24.8 Å². The van der Waals surface area contributed by atoms with Crippen molar-refractivity contribution in [3.8, 4) is 0 Å². The zero-order chi connectivity index (χ0) is 14.6. The number of hydrogen-bond donors (Lipinski definition) is 2. The molecule has 110 valence electrons. The van der Waals surface area contributed by atoms with E-state index in [1.807, 2.05) is 19.4 Å². The Morgan fingerprint density at radius 1 is 1.50 bits per heavy atom. The molecule has 6 heteroatoms. The van der Waals surface area contributed by atoms with Crippen LogP contribution in [0.2, 0.25) is 0 Å². The Hall–Kier alpha value is -1.85. The fourth-order valence-electron chi connectivity index (χ4n) is 2.56. The highest BCUT2D eigenvalue weighted by atomic mass is 16.4. The fourth-order valence-corrected chi connectivity index (χ4v) is 2.56. The van der Waals surface area contributed by atoms with E-state index >= 15 is 0 Å². The first-order valence-corrected chi connectivity index (χ1v) is 6.99. The summed E-state index contributed by atoms with van der Waals surface area (Å²) in [5.41, 5.74) is 0.343. The molecule has 2 rings (SSSR count). The summed E-state index contributed by atoms with van der Waals surface area (Å²) in [5.74, 6) is -0.993. The molecule has 1 aliphatic carbocycles. The molecule has 0 unspecified atom stereocenters. The summed E-state index contributed by atoms with van der Waals surface area (Å²) in [4.78, 5) is 22.9. The van der Waals surface area contributed by atoms with Crippen LogP contribution in [0.4, 0.5) is 0 Å². The van der Waals surface area contributed by atoms with Crippen LogP contribution in [0, 0.1) is 5.41 Å². The molecule has 0 bridgehead atoms. The Kier molecular flexibility index (Phi) is 4.42. The number of nitrogens with zero attached hydrogens (tertiary/aromatic N) is 2. The lowest BCUT2D eigenvalue weighted by molar-refractivity contribution is -0.157. The number of carboxylic acids is 1. The Bertz CT molecular complexity index is 492. The standard InChI is InChI=1S/C14H21N3O3/c1-17-10-11(9-16-17)4-2-7-15-12(18)8-14(13(19)20)5-3-6-14/h9-10H,2-8H2,1H3,(H,15,18)(H,19,20). The number of aliphatic carboxylic acids is 1. The van der Waals surface area contributed by atoms with Gasteiger partial charge < -0.3 is 10.4 Å². The summed E-state index contributed by atoms with van der Waals surface area (Å²) in [5, 5.41) is 16.1. The van der Waals surface area contributed by atoms with E-state index in [1.165, 1.54) is 0 Å². The highest BCUT2D eigenvalue weighted by Gasteiger charge is 2.45. The molecule has 1 fully saturated rings. The molecule has 0 aromatic carbocycles. The summed E-state index contributed by atoms with van der Waals surface area (Å²) >= 11 is 0. The second kappa shape index (κ2) is 6.07. The Labute approximate surface area is 118 Å². The van der Waals surface area contributed by atoms with E-state index in [2.05, 4.69) is 10.4 Å². The molecule has 1 saturated carbocycles. The average molecular weight is 279 g/mol. The Morgan fingerprint density at radius 3 is 2.75 bits per heavy atom. The van der Waals surface area contributed by atoms with Crippen LogP contribution in [-0.2, 0) is 23.1 Å². The normalized spacial score (nSPS) is 16.4. The van der Waals surface area contributed by atoms with Crippen molar-refractivity contribution in [2.75, 3.05) is 6.54 Å². The topological polar surface area (TPSA) is 84.2 Å². The molecule has 0 atom stereocenters. The zero-order valence-electron chi connectivity index (χ0n) is 11.8. The van der Waals surface area contributed by atoms with Gasteiger partial charge in [0, 0.05) is 26.2 Å². The molecule has 1 aromatic rings. The van der Waals surface area contributed by atoms with Crippen LogP contribution in [0.15, 0.2) is 12.4 Å². The van der Waals surface area contributed by atoms with Crippen molar-refractivity contribution in [2.24, 2.45) is 12.5 Å². The number of amides is 1. The number of rotatable bonds is 7. The van der Waals surface area contributed by atoms with E-state index in [1.54, 1.807) is 4.68 Å². The van der Waals surface area contributed by atoms with E-state index in [9.17, 15) is 9.59 Å². The monoisotopic (exact) mass is 279 g/mol. The fraction of sp³-hybridized carbons (Fsp3) is 0.643. The first-order valence-electron chi connectivity index (χ1n) is 6.99. The van der Waals surface area contributed by atoms with Crippen molar-refractivity contribution < 1.29 is 14.7 Å². The molecule has 1 aromatic heterocycles. The summed E-state index contributed by atoms with van der Waals surface area (Å²) in [6.07, 6.45) is 7.70. The first kappa shape index (κ1) is 14.6. The summed E-state index contributed by atoms with van der Waals surface area (Å²) in [6.45, 7) is 0.573. The highest BCUT2D eigenvalue weighted by Crippen LogP contribution is 2.44. The molecule has 0 spiro atoms. The summed E-state index contributed by atoms with van der Waals surface area (Å²) in [6, 6.07) is 0. The summed E-state index contributed by atoms with van der Waals surface area (Å²) < 4.78 is 1.75. The van der Waals surface area contributed by atoms with Crippen LogP contribution < -0.4 is 5.32 Å². The van der Waals surface area contributed by atoms with Gasteiger partial charge in [-0.15, -0.1) is 0 Å². The number of aryl methyl sites for hydroxylation is 2. The quantitative estimate of drug-likeness (QED) is 0.732. The minimum atomic E-state index is -0.839. The van der Waals surface area contributed by atoms with Crippen LogP contribution in [0.5, 0.6) is 0 Å². The molecule has 0 saturated heterocycles. The van der Waals surface area contributed by atoms with Crippen LogP contribution >= 0.6 is 0 Å². The SMILES string of the molecule is Cn1cc(CCCNC(=O)CC2(C(=O)O)CCC2)cn1. The van der Waals surface area contributed by atoms with Crippen molar-refractivity contribution in [1.82, 2.24) is 15.1 Å². The van der Waals surface area contributed by atoms with Crippen LogP contribution in [-0.4, -0.2) is 33.3 Å². The van der Waals surface area contributed by atoms with Crippen molar-refractivity contribution in [1.29, 1.82) is 0 Å². The number of carboxylic acid groups (broad SMARTS) is 1. The van der Waals surface area contributed by atoms with Gasteiger partial charge in [-0.2, -0.15) is 5.10 Å². The predicted octanol–water partition coefficient (Wildman–Crippen LogP) is 1.11. The second-order valence-corrected chi connectivity index (χ2v) is 5.59. The van der Waals surface area contributed by atoms with Crippen molar-refractivity contribution >= 4 is 11.9 Å². The zero-order valence-corrected chi connectivity index (χ0v) is 11.8. The highest BCUT2D eigenvalue weighted by molar-refractivity contribution is 5.85. The van der Waals surface area contributed by atoms with Gasteiger partial charge >= 0.3 is 5.97 Å². The average Bonchev–Trinajstić information content (AvgIpc) is 2.75. The van der Waals surface area contributed by atoms with Crippen LogP contribution in [0.3, 0.4) is 0 Å². The summed E-state index contributed by atoms with van der Waals surface area (Å²) in [7, 11) is 1.87. The van der Waals surface area contributed by atoms with Gasteiger partial charge in [-0.1, -0.05) is 6.42 Å². The molecule has 1 amide bonds. The van der Waals surface area contributed by atoms with Crippen LogP contribution in [0.1, 0.15) is 37.7 Å². The lowest BCUT2D eigenvalue weighted by Crippen LogP contribution is -2.42. The van der Waals surface area contributed by atoms with Gasteiger partial charge in [-0.25, -0.2) is 0 Å². The van der Waals surface area contributed by atoms with Crippen molar-refractivity contribution in [3.05, 3.63) is 18.0 Å². The van der Waals surface area contributed by atoms with E-state index in [4.69, 9.17) is 5.11 Å². The van der Waals surface area contributed by atoms with Gasteiger partial charge in [-0.05, 0) is 31.2 Å². The van der Waals surface area contributed by atoms with E-state index in [-0.39, 0.29) is 12.3 Å². The number of carbonyl (C=O) groups is 2. The van der Waals surface area contributed by atoms with Crippen LogP contribution in [0.25, 0.3) is 0 Å². The molecule has 0 radical (unpaired) electrons. The van der Waals surface area contributed by atoms with E-state index in [0.29, 0.717) is 19.4 Å². The predicted molar refractivity (Wildman–Crippen MR) is 73.1 cm³/mol. The minimum Gasteiger partial charge on any atom is -0.481 e. The molecule has 1 aliphatic rings. The third-order valence-corrected chi connectivity index (χ3v) is 3.99. The van der Waals surface area contributed by atoms with Gasteiger partial charge in [0.15, 0.2) is 0 Å². The van der Waals surface area contributed by atoms with Crippen molar-refractivity contribution in [3.63, 3.8) is 0 Å². The molecule has 6 nitrogen and oxygen atoms in total. The third kappa shape index (κ3) is 3.37. The van der Waals surface area contributed by atoms with Gasteiger partial charge in [0.05, 0.1) is 11.6 Å². The van der Waals surface area contributed by atoms with Gasteiger partial charge in [0.2, 0.25) is 5.91 Å². The maximum atomic E-state index is 11.8. The molecular formula is C14H21N3O3. The minimum absolute atomic E-state index is 0.106. The van der Waals surface area contributed by atoms with Gasteiger partial charge in [0.25, 0.3) is 0 Å². The second-order valence-electron chi connectivity index (χ2n) is 5.59. The maximum absolute atomic E-state index is 11.8. The number of hydrogen-bond acceptors (Lipinski definition) is 3. The Balaban J connectivity index is 1.66. The molecule has 20 heavy (non-hydrogen) atoms. The number of nitrogens with one attached hydrogen (secondary N) is 1. The van der Waals surface area contributed by atoms with Crippen molar-refractivity contribution in [2.45, 2.75) is 38.5 Å². The van der Waals surface area contributed by atoms with E-state index < -0.39 is 11.4 Å². The largest absolute Gasteiger partial charge is 0.481 e. The maximum Gasteiger partial charge on any atom is 0.310 e. The lowest BCUT2D eigenvalue weighted by atomic mass is 9.66. The third-order valence-electron chi connectivity index (χ3n) is 3.99. The number of aromatic nitrogens is 2. The molecule has 2 N–H and O–H groups in total. The molecular weight excluding hydrogens is 258 g/mol. The van der Waals surface area contributed by atoms with Gasteiger partial charge in [-0.3, -0.25) is 14.3 Å². The molecule has 1 heterocycles. The molecule has 0 aliphatic heterocycles. The lowest BCUT2D eigenvalue weighted by Gasteiger charge is -2.36. The Morgan fingerprint density at radius 2 is 2.25 bits per heavy atom. The number of carbonyl (C=O) groups excluding carboxylic acids is 1.